The lowest BCUT2D eigenvalue weighted by atomic mass is 10.1. The number of aliphatic imine (C=N–C) groups is 1. The highest BCUT2D eigenvalue weighted by atomic mass is 32.1. The van der Waals surface area contributed by atoms with Crippen LogP contribution < -0.4 is 10.6 Å². The average Bonchev–Trinajstić information content (AvgIpc) is 3.36. The molecule has 1 atom stereocenters. The third-order valence-electron chi connectivity index (χ3n) is 4.05. The van der Waals surface area contributed by atoms with Crippen molar-refractivity contribution in [3.8, 4) is 11.3 Å². The highest BCUT2D eigenvalue weighted by Crippen LogP contribution is 2.20. The van der Waals surface area contributed by atoms with E-state index < -0.39 is 0 Å². The van der Waals surface area contributed by atoms with Gasteiger partial charge < -0.3 is 15.2 Å². The average molecular weight is 369 g/mol. The van der Waals surface area contributed by atoms with Gasteiger partial charge in [0.25, 0.3) is 0 Å². The van der Waals surface area contributed by atoms with Gasteiger partial charge in [-0.3, -0.25) is 0 Å². The Balaban J connectivity index is 1.59. The van der Waals surface area contributed by atoms with Crippen molar-refractivity contribution in [3.63, 3.8) is 0 Å². The second kappa shape index (κ2) is 9.20. The summed E-state index contributed by atoms with van der Waals surface area (Å²) < 4.78 is 5.43. The Morgan fingerprint density at radius 1 is 1.23 bits per heavy atom. The monoisotopic (exact) mass is 368 g/mol. The summed E-state index contributed by atoms with van der Waals surface area (Å²) in [7, 11) is 0. The van der Waals surface area contributed by atoms with Crippen molar-refractivity contribution in [3.05, 3.63) is 64.5 Å². The molecule has 0 spiro atoms. The molecular weight excluding hydrogens is 344 g/mol. The molecule has 5 nitrogen and oxygen atoms in total. The molecule has 26 heavy (non-hydrogen) atoms. The van der Waals surface area contributed by atoms with Crippen molar-refractivity contribution in [2.24, 2.45) is 4.99 Å². The van der Waals surface area contributed by atoms with E-state index >= 15 is 0 Å². The topological polar surface area (TPSA) is 62.5 Å². The molecule has 6 heteroatoms. The molecule has 136 valence electrons. The van der Waals surface area contributed by atoms with Crippen LogP contribution in [0.15, 0.2) is 62.7 Å². The highest BCUT2D eigenvalue weighted by Gasteiger charge is 2.08. The van der Waals surface area contributed by atoms with E-state index in [1.165, 1.54) is 5.56 Å². The molecule has 2 aromatic heterocycles. The van der Waals surface area contributed by atoms with Crippen molar-refractivity contribution in [1.29, 1.82) is 0 Å². The van der Waals surface area contributed by atoms with E-state index in [1.54, 1.807) is 11.3 Å². The van der Waals surface area contributed by atoms with Crippen LogP contribution in [-0.2, 0) is 6.54 Å². The zero-order valence-electron chi connectivity index (χ0n) is 15.1. The van der Waals surface area contributed by atoms with Crippen LogP contribution in [0.2, 0.25) is 0 Å². The second-order valence-corrected chi connectivity index (χ2v) is 6.86. The maximum Gasteiger partial charge on any atom is 0.191 e. The van der Waals surface area contributed by atoms with Crippen LogP contribution in [0.3, 0.4) is 0 Å². The molecule has 0 bridgehead atoms. The van der Waals surface area contributed by atoms with Crippen molar-refractivity contribution < 1.29 is 4.52 Å². The summed E-state index contributed by atoms with van der Waals surface area (Å²) in [4.78, 5) is 4.62. The van der Waals surface area contributed by atoms with Gasteiger partial charge in [-0.05, 0) is 35.2 Å². The molecule has 0 aliphatic rings. The minimum atomic E-state index is 0.432. The smallest absolute Gasteiger partial charge is 0.191 e. The molecule has 3 rings (SSSR count). The number of rotatable bonds is 7. The van der Waals surface area contributed by atoms with Crippen molar-refractivity contribution >= 4 is 17.3 Å². The number of thiophene rings is 1. The van der Waals surface area contributed by atoms with Gasteiger partial charge in [0.1, 0.15) is 5.69 Å². The number of hydrogen-bond donors (Lipinski definition) is 2. The number of guanidine groups is 1. The molecule has 0 fully saturated rings. The van der Waals surface area contributed by atoms with Gasteiger partial charge in [-0.15, -0.1) is 0 Å². The largest absolute Gasteiger partial charge is 0.357 e. The van der Waals surface area contributed by atoms with Crippen molar-refractivity contribution in [2.45, 2.75) is 26.3 Å². The first-order valence-electron chi connectivity index (χ1n) is 8.81. The molecule has 2 heterocycles. The van der Waals surface area contributed by atoms with E-state index in [1.807, 2.05) is 36.4 Å². The Kier molecular flexibility index (Phi) is 6.44. The van der Waals surface area contributed by atoms with E-state index in [0.717, 1.165) is 36.1 Å². The van der Waals surface area contributed by atoms with Gasteiger partial charge in [0.2, 0.25) is 0 Å². The molecule has 0 aliphatic heterocycles. The number of benzene rings is 1. The third kappa shape index (κ3) is 4.95. The normalized spacial score (nSPS) is 12.8. The van der Waals surface area contributed by atoms with Crippen LogP contribution in [0.4, 0.5) is 0 Å². The van der Waals surface area contributed by atoms with Gasteiger partial charge in [0, 0.05) is 24.7 Å². The Labute approximate surface area is 158 Å². The predicted octanol–water partition coefficient (Wildman–Crippen LogP) is 4.26. The third-order valence-corrected chi connectivity index (χ3v) is 4.75. The van der Waals surface area contributed by atoms with Crippen molar-refractivity contribution in [2.75, 3.05) is 13.1 Å². The summed E-state index contributed by atoms with van der Waals surface area (Å²) in [5, 5.41) is 15.1. The fourth-order valence-electron chi connectivity index (χ4n) is 2.55. The molecule has 0 saturated heterocycles. The Morgan fingerprint density at radius 2 is 2.08 bits per heavy atom. The van der Waals surface area contributed by atoms with Gasteiger partial charge in [0.15, 0.2) is 11.7 Å². The van der Waals surface area contributed by atoms with Crippen LogP contribution in [0, 0.1) is 0 Å². The lowest BCUT2D eigenvalue weighted by Crippen LogP contribution is -2.39. The van der Waals surface area contributed by atoms with E-state index in [0.29, 0.717) is 12.5 Å². The predicted molar refractivity (Wildman–Crippen MR) is 107 cm³/mol. The van der Waals surface area contributed by atoms with Crippen molar-refractivity contribution in [1.82, 2.24) is 15.8 Å². The van der Waals surface area contributed by atoms with Gasteiger partial charge in [-0.1, -0.05) is 42.4 Å². The maximum atomic E-state index is 5.43. The fraction of sp³-hybridized carbons (Fsp3) is 0.300. The number of nitrogens with zero attached hydrogens (tertiary/aromatic N) is 2. The van der Waals surface area contributed by atoms with Gasteiger partial charge in [-0.2, -0.15) is 11.3 Å². The lowest BCUT2D eigenvalue weighted by Gasteiger charge is -2.15. The highest BCUT2D eigenvalue weighted by molar-refractivity contribution is 7.07. The minimum absolute atomic E-state index is 0.432. The minimum Gasteiger partial charge on any atom is -0.357 e. The summed E-state index contributed by atoms with van der Waals surface area (Å²) in [5.74, 6) is 1.99. The lowest BCUT2D eigenvalue weighted by molar-refractivity contribution is 0.424. The summed E-state index contributed by atoms with van der Waals surface area (Å²) >= 11 is 1.73. The van der Waals surface area contributed by atoms with Gasteiger partial charge in [0.05, 0.1) is 6.54 Å². The second-order valence-electron chi connectivity index (χ2n) is 6.08. The quantitative estimate of drug-likeness (QED) is 0.483. The number of hydrogen-bond acceptors (Lipinski definition) is 4. The van der Waals surface area contributed by atoms with E-state index in [9.17, 15) is 0 Å². The molecule has 3 aromatic rings. The van der Waals surface area contributed by atoms with Crippen LogP contribution in [0.25, 0.3) is 11.3 Å². The molecule has 1 aromatic carbocycles. The fourth-order valence-corrected chi connectivity index (χ4v) is 3.33. The molecule has 0 amide bonds. The zero-order valence-corrected chi connectivity index (χ0v) is 15.9. The zero-order chi connectivity index (χ0) is 18.2. The van der Waals surface area contributed by atoms with E-state index in [-0.39, 0.29) is 0 Å². The first-order chi connectivity index (χ1) is 12.8. The first kappa shape index (κ1) is 18.2. The molecule has 0 radical (unpaired) electrons. The standard InChI is InChI=1S/C20H24N4OS/c1-3-21-20(22-12-15(2)17-9-10-26-14-17)23-13-18-11-19(25-24-18)16-7-5-4-6-8-16/h4-11,14-15H,3,12-13H2,1-2H3,(H2,21,22,23). The number of aromatic nitrogens is 1. The Bertz CT molecular complexity index is 811. The van der Waals surface area contributed by atoms with Crippen LogP contribution in [-0.4, -0.2) is 24.2 Å². The summed E-state index contributed by atoms with van der Waals surface area (Å²) in [6.45, 7) is 6.38. The molecule has 2 N–H and O–H groups in total. The maximum absolute atomic E-state index is 5.43. The summed E-state index contributed by atoms with van der Waals surface area (Å²) in [6.07, 6.45) is 0. The Morgan fingerprint density at radius 3 is 2.81 bits per heavy atom. The summed E-state index contributed by atoms with van der Waals surface area (Å²) in [5.41, 5.74) is 3.18. The van der Waals surface area contributed by atoms with E-state index in [4.69, 9.17) is 4.52 Å². The number of nitrogens with one attached hydrogen (secondary N) is 2. The Hall–Kier alpha value is -2.60. The molecule has 1 unspecified atom stereocenters. The summed E-state index contributed by atoms with van der Waals surface area (Å²) in [6, 6.07) is 14.1. The molecule has 0 saturated carbocycles. The van der Waals surface area contributed by atoms with Crippen LogP contribution in [0.5, 0.6) is 0 Å². The first-order valence-corrected chi connectivity index (χ1v) is 9.76. The van der Waals surface area contributed by atoms with Gasteiger partial charge in [-0.25, -0.2) is 4.99 Å². The van der Waals surface area contributed by atoms with Crippen LogP contribution in [0.1, 0.15) is 31.0 Å². The molecular formula is C20H24N4OS. The van der Waals surface area contributed by atoms with Gasteiger partial charge >= 0.3 is 0 Å². The van der Waals surface area contributed by atoms with Crippen LogP contribution >= 0.6 is 11.3 Å². The molecule has 0 aliphatic carbocycles. The SMILES string of the molecule is CCNC(=NCc1cc(-c2ccccc2)on1)NCC(C)c1ccsc1. The van der Waals surface area contributed by atoms with E-state index in [2.05, 4.69) is 51.5 Å².